The van der Waals surface area contributed by atoms with Crippen LogP contribution in [0.5, 0.6) is 0 Å². The van der Waals surface area contributed by atoms with Gasteiger partial charge in [-0.3, -0.25) is 0 Å². The van der Waals surface area contributed by atoms with Gasteiger partial charge in [0.05, 0.1) is 23.9 Å². The van der Waals surface area contributed by atoms with E-state index in [-0.39, 0.29) is 0 Å². The van der Waals surface area contributed by atoms with Crippen molar-refractivity contribution in [1.82, 2.24) is 4.98 Å². The number of ether oxygens (including phenoxy) is 1. The van der Waals surface area contributed by atoms with Crippen LogP contribution in [0.15, 0.2) is 42.6 Å². The minimum Gasteiger partial charge on any atom is -0.465 e. The lowest BCUT2D eigenvalue weighted by molar-refractivity contribution is 0.0600. The number of rotatable bonds is 3. The van der Waals surface area contributed by atoms with Gasteiger partial charge in [0.25, 0.3) is 0 Å². The average molecular weight is 253 g/mol. The van der Waals surface area contributed by atoms with E-state index in [1.54, 1.807) is 30.3 Å². The minimum absolute atomic E-state index is 0.398. The van der Waals surface area contributed by atoms with Gasteiger partial charge < -0.3 is 10.1 Å². The smallest absolute Gasteiger partial charge is 0.338 e. The standard InChI is InChI=1S/C14H11N3O2/c1-19-14(18)10-6-7-16-13(8-10)17-12-5-3-2-4-11(12)9-15/h2-8H,1H3,(H,16,17). The number of aromatic nitrogens is 1. The predicted octanol–water partition coefficient (Wildman–Crippen LogP) is 2.48. The number of hydrogen-bond donors (Lipinski definition) is 1. The van der Waals surface area contributed by atoms with Crippen LogP contribution in [0.3, 0.4) is 0 Å². The topological polar surface area (TPSA) is 75.0 Å². The Morgan fingerprint density at radius 1 is 1.37 bits per heavy atom. The molecule has 0 saturated carbocycles. The van der Waals surface area contributed by atoms with Gasteiger partial charge in [-0.15, -0.1) is 0 Å². The monoisotopic (exact) mass is 253 g/mol. The molecule has 2 rings (SSSR count). The zero-order chi connectivity index (χ0) is 13.7. The Hall–Kier alpha value is -2.87. The van der Waals surface area contributed by atoms with E-state index in [9.17, 15) is 4.79 Å². The fourth-order valence-electron chi connectivity index (χ4n) is 1.57. The SMILES string of the molecule is COC(=O)c1ccnc(Nc2ccccc2C#N)c1. The molecule has 2 aromatic rings. The molecule has 1 aromatic heterocycles. The number of esters is 1. The molecule has 0 saturated heterocycles. The number of pyridine rings is 1. The van der Waals surface area contributed by atoms with Gasteiger partial charge in [0.1, 0.15) is 11.9 Å². The molecule has 1 N–H and O–H groups in total. The molecular weight excluding hydrogens is 242 g/mol. The molecule has 0 unspecified atom stereocenters. The van der Waals surface area contributed by atoms with Crippen LogP contribution >= 0.6 is 0 Å². The van der Waals surface area contributed by atoms with Crippen molar-refractivity contribution in [1.29, 1.82) is 5.26 Å². The van der Waals surface area contributed by atoms with E-state index in [4.69, 9.17) is 5.26 Å². The number of methoxy groups -OCH3 is 1. The molecule has 0 aliphatic carbocycles. The van der Waals surface area contributed by atoms with Gasteiger partial charge >= 0.3 is 5.97 Å². The molecule has 0 fully saturated rings. The zero-order valence-electron chi connectivity index (χ0n) is 10.3. The van der Waals surface area contributed by atoms with E-state index in [0.717, 1.165) is 0 Å². The van der Waals surface area contributed by atoms with Crippen LogP contribution in [0.1, 0.15) is 15.9 Å². The highest BCUT2D eigenvalue weighted by Crippen LogP contribution is 2.19. The van der Waals surface area contributed by atoms with E-state index in [1.807, 2.05) is 6.07 Å². The molecular formula is C14H11N3O2. The van der Waals surface area contributed by atoms with Crippen molar-refractivity contribution in [3.05, 3.63) is 53.7 Å². The maximum absolute atomic E-state index is 11.4. The summed E-state index contributed by atoms with van der Waals surface area (Å²) in [7, 11) is 1.32. The van der Waals surface area contributed by atoms with Crippen LogP contribution in [0, 0.1) is 11.3 Å². The van der Waals surface area contributed by atoms with E-state index >= 15 is 0 Å². The quantitative estimate of drug-likeness (QED) is 0.850. The van der Waals surface area contributed by atoms with Crippen molar-refractivity contribution in [2.45, 2.75) is 0 Å². The van der Waals surface area contributed by atoms with Crippen LogP contribution < -0.4 is 5.32 Å². The second-order valence-electron chi connectivity index (χ2n) is 3.70. The number of carbonyl (C=O) groups is 1. The Kier molecular flexibility index (Phi) is 3.74. The molecule has 0 atom stereocenters. The second kappa shape index (κ2) is 5.65. The number of nitrogens with one attached hydrogen (secondary N) is 1. The highest BCUT2D eigenvalue weighted by molar-refractivity contribution is 5.90. The molecule has 0 amide bonds. The lowest BCUT2D eigenvalue weighted by Gasteiger charge is -2.08. The Morgan fingerprint density at radius 3 is 2.89 bits per heavy atom. The Morgan fingerprint density at radius 2 is 2.16 bits per heavy atom. The molecule has 0 spiro atoms. The van der Waals surface area contributed by atoms with E-state index < -0.39 is 5.97 Å². The maximum atomic E-state index is 11.4. The number of hydrogen-bond acceptors (Lipinski definition) is 5. The van der Waals surface area contributed by atoms with Gasteiger partial charge in [0.15, 0.2) is 0 Å². The number of benzene rings is 1. The zero-order valence-corrected chi connectivity index (χ0v) is 10.3. The number of carbonyl (C=O) groups excluding carboxylic acids is 1. The first kappa shape index (κ1) is 12.6. The molecule has 94 valence electrons. The van der Waals surface area contributed by atoms with Crippen molar-refractivity contribution in [3.8, 4) is 6.07 Å². The van der Waals surface area contributed by atoms with Gasteiger partial charge in [0, 0.05) is 6.20 Å². The third-order valence-corrected chi connectivity index (χ3v) is 2.49. The summed E-state index contributed by atoms with van der Waals surface area (Å²) in [5.74, 6) is 0.0459. The van der Waals surface area contributed by atoms with Crippen molar-refractivity contribution < 1.29 is 9.53 Å². The molecule has 0 radical (unpaired) electrons. The van der Waals surface area contributed by atoms with Crippen LogP contribution in [0.4, 0.5) is 11.5 Å². The molecule has 0 bridgehead atoms. The third kappa shape index (κ3) is 2.87. The highest BCUT2D eigenvalue weighted by atomic mass is 16.5. The van der Waals surface area contributed by atoms with Crippen molar-refractivity contribution in [3.63, 3.8) is 0 Å². The van der Waals surface area contributed by atoms with Crippen molar-refractivity contribution in [2.24, 2.45) is 0 Å². The molecule has 5 heteroatoms. The minimum atomic E-state index is -0.431. The van der Waals surface area contributed by atoms with Gasteiger partial charge in [-0.2, -0.15) is 5.26 Å². The fraction of sp³-hybridized carbons (Fsp3) is 0.0714. The number of para-hydroxylation sites is 1. The molecule has 0 aliphatic rings. The molecule has 19 heavy (non-hydrogen) atoms. The summed E-state index contributed by atoms with van der Waals surface area (Å²) in [5.41, 5.74) is 1.54. The lowest BCUT2D eigenvalue weighted by Crippen LogP contribution is -2.03. The third-order valence-electron chi connectivity index (χ3n) is 2.49. The second-order valence-corrected chi connectivity index (χ2v) is 3.70. The number of nitriles is 1. The first-order valence-electron chi connectivity index (χ1n) is 5.55. The normalized spacial score (nSPS) is 9.47. The first-order chi connectivity index (χ1) is 9.24. The maximum Gasteiger partial charge on any atom is 0.338 e. The largest absolute Gasteiger partial charge is 0.465 e. The summed E-state index contributed by atoms with van der Waals surface area (Å²) in [6, 6.07) is 12.3. The molecule has 0 aliphatic heterocycles. The van der Waals surface area contributed by atoms with Crippen LogP contribution in [-0.2, 0) is 4.74 Å². The van der Waals surface area contributed by atoms with Gasteiger partial charge in [0.2, 0.25) is 0 Å². The number of anilines is 2. The molecule has 1 heterocycles. The predicted molar refractivity (Wildman–Crippen MR) is 70.0 cm³/mol. The summed E-state index contributed by atoms with van der Waals surface area (Å²) in [6.45, 7) is 0. The van der Waals surface area contributed by atoms with Gasteiger partial charge in [-0.05, 0) is 24.3 Å². The van der Waals surface area contributed by atoms with Crippen molar-refractivity contribution in [2.75, 3.05) is 12.4 Å². The van der Waals surface area contributed by atoms with Gasteiger partial charge in [-0.1, -0.05) is 12.1 Å². The lowest BCUT2D eigenvalue weighted by atomic mass is 10.2. The molecule has 5 nitrogen and oxygen atoms in total. The summed E-state index contributed by atoms with van der Waals surface area (Å²) in [6.07, 6.45) is 1.50. The van der Waals surface area contributed by atoms with Crippen LogP contribution in [-0.4, -0.2) is 18.1 Å². The summed E-state index contributed by atoms with van der Waals surface area (Å²) in [5, 5.41) is 12.0. The van der Waals surface area contributed by atoms with E-state index in [2.05, 4.69) is 21.1 Å². The summed E-state index contributed by atoms with van der Waals surface area (Å²) < 4.78 is 4.64. The van der Waals surface area contributed by atoms with Crippen LogP contribution in [0.25, 0.3) is 0 Å². The Balaban J connectivity index is 2.29. The summed E-state index contributed by atoms with van der Waals surface area (Å²) in [4.78, 5) is 15.5. The first-order valence-corrected chi connectivity index (χ1v) is 5.55. The van der Waals surface area contributed by atoms with Crippen LogP contribution in [0.2, 0.25) is 0 Å². The fourth-order valence-corrected chi connectivity index (χ4v) is 1.57. The Bertz CT molecular complexity index is 647. The molecule has 1 aromatic carbocycles. The average Bonchev–Trinajstić information content (AvgIpc) is 2.47. The number of nitrogens with zero attached hydrogens (tertiary/aromatic N) is 2. The highest BCUT2D eigenvalue weighted by Gasteiger charge is 2.07. The van der Waals surface area contributed by atoms with E-state index in [1.165, 1.54) is 13.3 Å². The summed E-state index contributed by atoms with van der Waals surface area (Å²) >= 11 is 0. The van der Waals surface area contributed by atoms with Gasteiger partial charge in [-0.25, -0.2) is 9.78 Å². The van der Waals surface area contributed by atoms with E-state index in [0.29, 0.717) is 22.6 Å². The van der Waals surface area contributed by atoms with Crippen molar-refractivity contribution >= 4 is 17.5 Å². The Labute approximate surface area is 110 Å².